The summed E-state index contributed by atoms with van der Waals surface area (Å²) in [6.45, 7) is 0. The maximum absolute atomic E-state index is 10.9. The molecule has 3 unspecified atom stereocenters. The fourth-order valence-electron chi connectivity index (χ4n) is 1.55. The minimum Gasteiger partial charge on any atom is -0.435 e. The average molecular weight is 176 g/mol. The van der Waals surface area contributed by atoms with Gasteiger partial charge in [0.25, 0.3) is 0 Å². The molecule has 2 heterocycles. The summed E-state index contributed by atoms with van der Waals surface area (Å²) in [6, 6.07) is 0. The highest BCUT2D eigenvalue weighted by atomic mass is 16.7. The summed E-state index contributed by atoms with van der Waals surface area (Å²) < 4.78 is 8.90. The minimum absolute atomic E-state index is 0.739. The molecule has 0 aliphatic carbocycles. The molecule has 6 heteroatoms. The molecular weight excluding hydrogens is 168 g/mol. The SMILES string of the molecule is O=C1OC(O)C2C(O)O[C@H](O)[C@H]12. The Morgan fingerprint density at radius 3 is 2.33 bits per heavy atom. The molecule has 0 aromatic carbocycles. The monoisotopic (exact) mass is 176 g/mol. The first-order chi connectivity index (χ1) is 5.61. The second-order valence-electron chi connectivity index (χ2n) is 2.85. The number of cyclic esters (lactones) is 1. The van der Waals surface area contributed by atoms with Crippen molar-refractivity contribution in [2.24, 2.45) is 11.8 Å². The van der Waals surface area contributed by atoms with E-state index in [1.807, 2.05) is 0 Å². The van der Waals surface area contributed by atoms with Crippen molar-refractivity contribution in [1.82, 2.24) is 0 Å². The highest BCUT2D eigenvalue weighted by molar-refractivity contribution is 5.76. The molecule has 2 fully saturated rings. The zero-order valence-electron chi connectivity index (χ0n) is 5.95. The Labute approximate surface area is 67.3 Å². The molecule has 0 radical (unpaired) electrons. The van der Waals surface area contributed by atoms with Gasteiger partial charge in [0, 0.05) is 0 Å². The zero-order chi connectivity index (χ0) is 8.88. The molecule has 5 atom stereocenters. The Balaban J connectivity index is 2.26. The van der Waals surface area contributed by atoms with Crippen molar-refractivity contribution in [1.29, 1.82) is 0 Å². The van der Waals surface area contributed by atoms with Gasteiger partial charge in [-0.2, -0.15) is 0 Å². The minimum atomic E-state index is -1.38. The maximum atomic E-state index is 10.9. The number of ether oxygens (including phenoxy) is 2. The van der Waals surface area contributed by atoms with Crippen LogP contribution in [-0.2, 0) is 14.3 Å². The fourth-order valence-corrected chi connectivity index (χ4v) is 1.55. The lowest BCUT2D eigenvalue weighted by Crippen LogP contribution is -2.27. The molecule has 0 saturated carbocycles. The molecular formula is C6H8O6. The summed E-state index contributed by atoms with van der Waals surface area (Å²) in [7, 11) is 0. The molecule has 12 heavy (non-hydrogen) atoms. The average Bonchev–Trinajstić information content (AvgIpc) is 2.38. The van der Waals surface area contributed by atoms with Gasteiger partial charge in [-0.05, 0) is 0 Å². The first-order valence-corrected chi connectivity index (χ1v) is 3.51. The van der Waals surface area contributed by atoms with E-state index in [9.17, 15) is 4.79 Å². The topological polar surface area (TPSA) is 96.2 Å². The Bertz CT molecular complexity index is 216. The van der Waals surface area contributed by atoms with E-state index in [0.717, 1.165) is 0 Å². The third-order valence-electron chi connectivity index (χ3n) is 2.17. The lowest BCUT2D eigenvalue weighted by Gasteiger charge is -2.11. The van der Waals surface area contributed by atoms with Crippen LogP contribution in [0.3, 0.4) is 0 Å². The van der Waals surface area contributed by atoms with E-state index in [0.29, 0.717) is 0 Å². The number of aliphatic hydroxyl groups excluding tert-OH is 3. The van der Waals surface area contributed by atoms with Gasteiger partial charge >= 0.3 is 5.97 Å². The molecule has 0 bridgehead atoms. The number of rotatable bonds is 0. The van der Waals surface area contributed by atoms with E-state index in [1.165, 1.54) is 0 Å². The van der Waals surface area contributed by atoms with Crippen LogP contribution in [0, 0.1) is 11.8 Å². The van der Waals surface area contributed by atoms with Gasteiger partial charge in [-0.25, -0.2) is 0 Å². The van der Waals surface area contributed by atoms with Crippen molar-refractivity contribution in [3.8, 4) is 0 Å². The second kappa shape index (κ2) is 2.40. The van der Waals surface area contributed by atoms with E-state index in [2.05, 4.69) is 9.47 Å². The Kier molecular flexibility index (Phi) is 1.58. The number of hydrogen-bond donors (Lipinski definition) is 3. The van der Waals surface area contributed by atoms with Gasteiger partial charge < -0.3 is 24.8 Å². The van der Waals surface area contributed by atoms with Crippen LogP contribution in [0.2, 0.25) is 0 Å². The number of fused-ring (bicyclic) bond motifs is 1. The number of hydrogen-bond acceptors (Lipinski definition) is 6. The smallest absolute Gasteiger partial charge is 0.317 e. The fraction of sp³-hybridized carbons (Fsp3) is 0.833. The Morgan fingerprint density at radius 2 is 1.75 bits per heavy atom. The zero-order valence-corrected chi connectivity index (χ0v) is 5.95. The van der Waals surface area contributed by atoms with Gasteiger partial charge in [-0.15, -0.1) is 0 Å². The first kappa shape index (κ1) is 7.93. The van der Waals surface area contributed by atoms with Gasteiger partial charge in [0.2, 0.25) is 6.29 Å². The van der Waals surface area contributed by atoms with Crippen LogP contribution >= 0.6 is 0 Å². The van der Waals surface area contributed by atoms with Crippen molar-refractivity contribution in [2.45, 2.75) is 18.9 Å². The highest BCUT2D eigenvalue weighted by Crippen LogP contribution is 2.39. The molecule has 0 amide bonds. The molecule has 0 aromatic rings. The maximum Gasteiger partial charge on any atom is 0.317 e. The highest BCUT2D eigenvalue weighted by Gasteiger charge is 2.57. The second-order valence-corrected chi connectivity index (χ2v) is 2.85. The summed E-state index contributed by atoms with van der Waals surface area (Å²) in [5.74, 6) is -2.57. The van der Waals surface area contributed by atoms with Gasteiger partial charge in [-0.1, -0.05) is 0 Å². The van der Waals surface area contributed by atoms with E-state index >= 15 is 0 Å². The van der Waals surface area contributed by atoms with Crippen LogP contribution < -0.4 is 0 Å². The number of carbonyl (C=O) groups is 1. The lowest BCUT2D eigenvalue weighted by molar-refractivity contribution is -0.209. The first-order valence-electron chi connectivity index (χ1n) is 3.51. The van der Waals surface area contributed by atoms with E-state index < -0.39 is 36.7 Å². The Morgan fingerprint density at radius 1 is 1.08 bits per heavy atom. The van der Waals surface area contributed by atoms with Crippen LogP contribution in [0.1, 0.15) is 0 Å². The van der Waals surface area contributed by atoms with Crippen LogP contribution in [0.25, 0.3) is 0 Å². The van der Waals surface area contributed by atoms with Crippen molar-refractivity contribution in [2.75, 3.05) is 0 Å². The molecule has 2 aliphatic heterocycles. The molecule has 68 valence electrons. The molecule has 2 aliphatic rings. The van der Waals surface area contributed by atoms with Crippen molar-refractivity contribution in [3.63, 3.8) is 0 Å². The van der Waals surface area contributed by atoms with Crippen LogP contribution in [-0.4, -0.2) is 40.2 Å². The summed E-state index contributed by atoms with van der Waals surface area (Å²) in [5, 5.41) is 27.2. The third kappa shape index (κ3) is 0.862. The van der Waals surface area contributed by atoms with Crippen molar-refractivity contribution < 1.29 is 29.6 Å². The van der Waals surface area contributed by atoms with E-state index in [-0.39, 0.29) is 0 Å². The predicted octanol–water partition coefficient (Wildman–Crippen LogP) is -2.24. The summed E-state index contributed by atoms with van der Waals surface area (Å²) in [4.78, 5) is 10.9. The van der Waals surface area contributed by atoms with Gasteiger partial charge in [0.1, 0.15) is 5.92 Å². The van der Waals surface area contributed by atoms with E-state index in [1.54, 1.807) is 0 Å². The third-order valence-corrected chi connectivity index (χ3v) is 2.17. The lowest BCUT2D eigenvalue weighted by atomic mass is 9.96. The van der Waals surface area contributed by atoms with Crippen molar-refractivity contribution in [3.05, 3.63) is 0 Å². The summed E-state index contributed by atoms with van der Waals surface area (Å²) in [6.07, 6.45) is -4.10. The summed E-state index contributed by atoms with van der Waals surface area (Å²) >= 11 is 0. The van der Waals surface area contributed by atoms with Gasteiger partial charge in [-0.3, -0.25) is 4.79 Å². The molecule has 6 nitrogen and oxygen atoms in total. The molecule has 0 spiro atoms. The predicted molar refractivity (Wildman–Crippen MR) is 32.2 cm³/mol. The summed E-state index contributed by atoms with van der Waals surface area (Å²) in [5.41, 5.74) is 0. The number of esters is 1. The number of aliphatic hydroxyl groups is 3. The standard InChI is InChI=1S/C6H8O6/c7-3-1-2(5(9)11-3)6(10)12-4(1)8/h1-5,7-9H/t1?,2-,3?,4?,5+/m1/s1. The van der Waals surface area contributed by atoms with Crippen LogP contribution in [0.4, 0.5) is 0 Å². The Hall–Kier alpha value is -0.690. The van der Waals surface area contributed by atoms with Crippen LogP contribution in [0.5, 0.6) is 0 Å². The molecule has 2 saturated heterocycles. The normalized spacial score (nSPS) is 52.2. The van der Waals surface area contributed by atoms with Gasteiger partial charge in [0.15, 0.2) is 12.6 Å². The molecule has 0 aromatic heterocycles. The quantitative estimate of drug-likeness (QED) is 0.361. The number of carbonyl (C=O) groups excluding carboxylic acids is 1. The van der Waals surface area contributed by atoms with Crippen molar-refractivity contribution >= 4 is 5.97 Å². The van der Waals surface area contributed by atoms with Gasteiger partial charge in [0.05, 0.1) is 5.92 Å². The van der Waals surface area contributed by atoms with Crippen LogP contribution in [0.15, 0.2) is 0 Å². The van der Waals surface area contributed by atoms with E-state index in [4.69, 9.17) is 15.3 Å². The largest absolute Gasteiger partial charge is 0.435 e. The molecule has 3 N–H and O–H groups in total. The molecule has 2 rings (SSSR count).